The Morgan fingerprint density at radius 1 is 1.07 bits per heavy atom. The van der Waals surface area contributed by atoms with Crippen LogP contribution in [0.15, 0.2) is 24.3 Å². The van der Waals surface area contributed by atoms with Crippen molar-refractivity contribution in [1.82, 2.24) is 0 Å². The minimum absolute atomic E-state index is 0.560. The number of halogens is 1. The van der Waals surface area contributed by atoms with Crippen LogP contribution in [-0.2, 0) is 22.0 Å². The summed E-state index contributed by atoms with van der Waals surface area (Å²) in [7, 11) is 1.67. The smallest absolute Gasteiger partial charge is 0.0718 e. The normalized spacial score (nSPS) is 10.4. The lowest BCUT2D eigenvalue weighted by Crippen LogP contribution is -2.01. The van der Waals surface area contributed by atoms with Crippen molar-refractivity contribution in [2.45, 2.75) is 12.5 Å². The Morgan fingerprint density at radius 3 is 2.29 bits per heavy atom. The van der Waals surface area contributed by atoms with Crippen LogP contribution in [0.5, 0.6) is 0 Å². The summed E-state index contributed by atoms with van der Waals surface area (Å²) in [5.41, 5.74) is 2.29. The average molecular weight is 215 g/mol. The van der Waals surface area contributed by atoms with E-state index in [2.05, 4.69) is 0 Å². The van der Waals surface area contributed by atoms with Crippen LogP contribution >= 0.6 is 11.6 Å². The molecule has 0 unspecified atom stereocenters. The molecule has 0 aliphatic carbocycles. The number of ether oxygens (including phenoxy) is 2. The Morgan fingerprint density at radius 2 is 1.71 bits per heavy atom. The maximum atomic E-state index is 5.68. The molecular weight excluding hydrogens is 200 g/mol. The number of hydrogen-bond acceptors (Lipinski definition) is 2. The lowest BCUT2D eigenvalue weighted by Gasteiger charge is -2.04. The third-order valence-corrected chi connectivity index (χ3v) is 2.19. The molecule has 0 heterocycles. The molecule has 3 heteroatoms. The van der Waals surface area contributed by atoms with Gasteiger partial charge in [0, 0.05) is 13.0 Å². The lowest BCUT2D eigenvalue weighted by molar-refractivity contribution is 0.0616. The van der Waals surface area contributed by atoms with Gasteiger partial charge in [-0.1, -0.05) is 24.3 Å². The molecule has 0 saturated carbocycles. The SMILES string of the molecule is COCCOCc1ccc(CCl)cc1. The highest BCUT2D eigenvalue weighted by Gasteiger charge is 1.94. The van der Waals surface area contributed by atoms with E-state index in [-0.39, 0.29) is 0 Å². The topological polar surface area (TPSA) is 18.5 Å². The van der Waals surface area contributed by atoms with Gasteiger partial charge in [-0.25, -0.2) is 0 Å². The average Bonchev–Trinajstić information content (AvgIpc) is 2.25. The van der Waals surface area contributed by atoms with Crippen molar-refractivity contribution in [2.24, 2.45) is 0 Å². The van der Waals surface area contributed by atoms with Crippen molar-refractivity contribution in [3.05, 3.63) is 35.4 Å². The fourth-order valence-corrected chi connectivity index (χ4v) is 1.24. The van der Waals surface area contributed by atoms with Gasteiger partial charge in [0.25, 0.3) is 0 Å². The molecule has 2 nitrogen and oxygen atoms in total. The predicted octanol–water partition coefficient (Wildman–Crippen LogP) is 2.59. The second-order valence-corrected chi connectivity index (χ2v) is 3.26. The third kappa shape index (κ3) is 4.09. The van der Waals surface area contributed by atoms with Crippen LogP contribution < -0.4 is 0 Å². The molecular formula is C11H15ClO2. The number of alkyl halides is 1. The van der Waals surface area contributed by atoms with Crippen molar-refractivity contribution in [3.63, 3.8) is 0 Å². The van der Waals surface area contributed by atoms with Crippen LogP contribution in [0.25, 0.3) is 0 Å². The van der Waals surface area contributed by atoms with Gasteiger partial charge in [0.15, 0.2) is 0 Å². The van der Waals surface area contributed by atoms with E-state index >= 15 is 0 Å². The summed E-state index contributed by atoms with van der Waals surface area (Å²) in [5.74, 6) is 0.560. The molecule has 0 radical (unpaired) electrons. The number of methoxy groups -OCH3 is 1. The van der Waals surface area contributed by atoms with Gasteiger partial charge >= 0.3 is 0 Å². The predicted molar refractivity (Wildman–Crippen MR) is 57.5 cm³/mol. The highest BCUT2D eigenvalue weighted by Crippen LogP contribution is 2.07. The summed E-state index contributed by atoms with van der Waals surface area (Å²) in [5, 5.41) is 0. The van der Waals surface area contributed by atoms with Gasteiger partial charge < -0.3 is 9.47 Å². The van der Waals surface area contributed by atoms with Gasteiger partial charge in [0.05, 0.1) is 19.8 Å². The minimum atomic E-state index is 0.560. The molecule has 0 N–H and O–H groups in total. The van der Waals surface area contributed by atoms with Gasteiger partial charge in [-0.05, 0) is 11.1 Å². The fraction of sp³-hybridized carbons (Fsp3) is 0.455. The summed E-state index contributed by atoms with van der Waals surface area (Å²) in [4.78, 5) is 0. The van der Waals surface area contributed by atoms with Crippen molar-refractivity contribution in [1.29, 1.82) is 0 Å². The highest BCUT2D eigenvalue weighted by molar-refractivity contribution is 6.17. The van der Waals surface area contributed by atoms with E-state index in [1.54, 1.807) is 7.11 Å². The molecule has 0 aliphatic rings. The zero-order chi connectivity index (χ0) is 10.2. The molecule has 0 fully saturated rings. The molecule has 1 aromatic carbocycles. The molecule has 0 aromatic heterocycles. The monoisotopic (exact) mass is 214 g/mol. The second-order valence-electron chi connectivity index (χ2n) is 3.00. The first-order valence-corrected chi connectivity index (χ1v) is 5.10. The Bertz CT molecular complexity index is 246. The maximum Gasteiger partial charge on any atom is 0.0718 e. The zero-order valence-electron chi connectivity index (χ0n) is 8.33. The van der Waals surface area contributed by atoms with Crippen LogP contribution in [0.2, 0.25) is 0 Å². The van der Waals surface area contributed by atoms with Crippen molar-refractivity contribution in [2.75, 3.05) is 20.3 Å². The Kier molecular flexibility index (Phi) is 5.60. The van der Waals surface area contributed by atoms with E-state index in [4.69, 9.17) is 21.1 Å². The summed E-state index contributed by atoms with van der Waals surface area (Å²) in [6, 6.07) is 8.10. The quantitative estimate of drug-likeness (QED) is 0.535. The molecule has 0 bridgehead atoms. The molecule has 0 spiro atoms. The van der Waals surface area contributed by atoms with Crippen LogP contribution in [-0.4, -0.2) is 20.3 Å². The molecule has 0 amide bonds. The first kappa shape index (κ1) is 11.5. The van der Waals surface area contributed by atoms with Crippen LogP contribution in [0.3, 0.4) is 0 Å². The molecule has 0 aliphatic heterocycles. The molecule has 78 valence electrons. The van der Waals surface area contributed by atoms with Crippen LogP contribution in [0.1, 0.15) is 11.1 Å². The van der Waals surface area contributed by atoms with Crippen molar-refractivity contribution < 1.29 is 9.47 Å². The summed E-state index contributed by atoms with van der Waals surface area (Å²) in [6.07, 6.45) is 0. The van der Waals surface area contributed by atoms with Gasteiger partial charge in [0.1, 0.15) is 0 Å². The Balaban J connectivity index is 2.29. The highest BCUT2D eigenvalue weighted by atomic mass is 35.5. The first-order valence-electron chi connectivity index (χ1n) is 4.57. The van der Waals surface area contributed by atoms with E-state index in [0.717, 1.165) is 11.1 Å². The van der Waals surface area contributed by atoms with E-state index < -0.39 is 0 Å². The largest absolute Gasteiger partial charge is 0.382 e. The number of benzene rings is 1. The molecule has 14 heavy (non-hydrogen) atoms. The first-order chi connectivity index (χ1) is 6.86. The maximum absolute atomic E-state index is 5.68. The standard InChI is InChI=1S/C11H15ClO2/c1-13-6-7-14-9-11-4-2-10(8-12)3-5-11/h2-5H,6-9H2,1H3. The summed E-state index contributed by atoms with van der Waals surface area (Å²) < 4.78 is 10.2. The van der Waals surface area contributed by atoms with Gasteiger partial charge in [-0.3, -0.25) is 0 Å². The molecule has 1 rings (SSSR count). The van der Waals surface area contributed by atoms with Crippen LogP contribution in [0, 0.1) is 0 Å². The fourth-order valence-electron chi connectivity index (χ4n) is 1.06. The van der Waals surface area contributed by atoms with Gasteiger partial charge in [-0.15, -0.1) is 11.6 Å². The van der Waals surface area contributed by atoms with Crippen molar-refractivity contribution >= 4 is 11.6 Å². The van der Waals surface area contributed by atoms with E-state index in [1.807, 2.05) is 24.3 Å². The van der Waals surface area contributed by atoms with Gasteiger partial charge in [0.2, 0.25) is 0 Å². The molecule has 0 atom stereocenters. The Hall–Kier alpha value is -0.570. The third-order valence-electron chi connectivity index (χ3n) is 1.88. The Labute approximate surface area is 89.8 Å². The second kappa shape index (κ2) is 6.82. The van der Waals surface area contributed by atoms with E-state index in [1.165, 1.54) is 0 Å². The summed E-state index contributed by atoms with van der Waals surface area (Å²) >= 11 is 5.68. The van der Waals surface area contributed by atoms with E-state index in [9.17, 15) is 0 Å². The number of rotatable bonds is 6. The van der Waals surface area contributed by atoms with E-state index in [0.29, 0.717) is 25.7 Å². The minimum Gasteiger partial charge on any atom is -0.382 e. The van der Waals surface area contributed by atoms with Gasteiger partial charge in [-0.2, -0.15) is 0 Å². The summed E-state index contributed by atoms with van der Waals surface area (Å²) in [6.45, 7) is 1.90. The lowest BCUT2D eigenvalue weighted by atomic mass is 10.2. The van der Waals surface area contributed by atoms with Crippen molar-refractivity contribution in [3.8, 4) is 0 Å². The molecule has 0 saturated heterocycles. The van der Waals surface area contributed by atoms with Crippen LogP contribution in [0.4, 0.5) is 0 Å². The molecule has 1 aromatic rings. The number of hydrogen-bond donors (Lipinski definition) is 0. The zero-order valence-corrected chi connectivity index (χ0v) is 9.09.